The van der Waals surface area contributed by atoms with E-state index in [1.165, 1.54) is 25.1 Å². The summed E-state index contributed by atoms with van der Waals surface area (Å²) >= 11 is 6.39. The van der Waals surface area contributed by atoms with Crippen molar-refractivity contribution in [3.63, 3.8) is 0 Å². The zero-order chi connectivity index (χ0) is 28.7. The fourth-order valence-corrected chi connectivity index (χ4v) is 7.34. The molecule has 12 heteroatoms. The van der Waals surface area contributed by atoms with E-state index in [2.05, 4.69) is 42.3 Å². The molecule has 4 heterocycles. The van der Waals surface area contributed by atoms with E-state index < -0.39 is 7.14 Å². The number of hydrogen-bond acceptors (Lipinski definition) is 9. The number of piperidine rings is 1. The lowest BCUT2D eigenvalue weighted by Gasteiger charge is -2.48. The Labute approximate surface area is 245 Å². The average Bonchev–Trinajstić information content (AvgIpc) is 2.94. The van der Waals surface area contributed by atoms with Crippen LogP contribution in [0.5, 0.6) is 5.75 Å². The zero-order valence-electron chi connectivity index (χ0n) is 23.6. The van der Waals surface area contributed by atoms with Crippen molar-refractivity contribution in [1.29, 1.82) is 0 Å². The van der Waals surface area contributed by atoms with Crippen LogP contribution in [0.25, 0.3) is 0 Å². The first-order valence-corrected chi connectivity index (χ1v) is 17.0. The first kappa shape index (κ1) is 28.2. The van der Waals surface area contributed by atoms with Crippen LogP contribution in [0.2, 0.25) is 5.02 Å². The van der Waals surface area contributed by atoms with Crippen molar-refractivity contribution in [3.8, 4) is 5.75 Å². The molecule has 3 aliphatic heterocycles. The number of anilines is 5. The minimum atomic E-state index is -2.54. The summed E-state index contributed by atoms with van der Waals surface area (Å²) in [4.78, 5) is 15.9. The number of aromatic nitrogens is 2. The average molecular weight is 600 g/mol. The topological polar surface area (TPSA) is 85.9 Å². The van der Waals surface area contributed by atoms with E-state index in [9.17, 15) is 4.57 Å². The molecular weight excluding hydrogens is 564 g/mol. The Hall–Kier alpha value is -2.91. The molecule has 1 aromatic heterocycles. The molecule has 218 valence electrons. The molecule has 3 aromatic rings. The van der Waals surface area contributed by atoms with E-state index in [0.29, 0.717) is 51.6 Å². The van der Waals surface area contributed by atoms with Crippen molar-refractivity contribution >= 4 is 52.9 Å². The smallest absolute Gasteiger partial charge is 0.229 e. The van der Waals surface area contributed by atoms with Crippen LogP contribution in [0.3, 0.4) is 0 Å². The number of hydrogen-bond donors (Lipinski definition) is 2. The van der Waals surface area contributed by atoms with Gasteiger partial charge in [0, 0.05) is 42.7 Å². The van der Waals surface area contributed by atoms with Gasteiger partial charge in [0.25, 0.3) is 0 Å². The summed E-state index contributed by atoms with van der Waals surface area (Å²) in [5.74, 6) is 0.764. The van der Waals surface area contributed by atoms with Crippen LogP contribution < -0.4 is 25.6 Å². The molecule has 1 atom stereocenters. The number of ether oxygens (including phenoxy) is 1. The second-order valence-electron chi connectivity index (χ2n) is 11.5. The molecule has 3 aliphatic rings. The van der Waals surface area contributed by atoms with Crippen LogP contribution >= 0.6 is 18.7 Å². The van der Waals surface area contributed by atoms with E-state index >= 15 is 4.39 Å². The number of likely N-dealkylation sites (tertiary alicyclic amines) is 1. The normalized spacial score (nSPS) is 20.2. The second kappa shape index (κ2) is 11.4. The van der Waals surface area contributed by atoms with Crippen LogP contribution in [0.1, 0.15) is 12.8 Å². The number of nitrogens with one attached hydrogen (secondary N) is 2. The van der Waals surface area contributed by atoms with Crippen molar-refractivity contribution in [2.24, 2.45) is 0 Å². The third-order valence-electron chi connectivity index (χ3n) is 8.20. The molecule has 0 amide bonds. The Morgan fingerprint density at radius 2 is 1.85 bits per heavy atom. The van der Waals surface area contributed by atoms with Crippen molar-refractivity contribution in [1.82, 2.24) is 19.8 Å². The van der Waals surface area contributed by atoms with E-state index in [4.69, 9.17) is 16.3 Å². The number of nitrogens with zero attached hydrogens (tertiary/aromatic N) is 5. The summed E-state index contributed by atoms with van der Waals surface area (Å²) in [6, 6.07) is 11.3. The Bertz CT molecular complexity index is 1480. The maximum Gasteiger partial charge on any atom is 0.229 e. The highest BCUT2D eigenvalue weighted by Crippen LogP contribution is 2.41. The molecular formula is C29H36ClFN7O2P. The minimum Gasteiger partial charge on any atom is -0.489 e. The predicted octanol–water partition coefficient (Wildman–Crippen LogP) is 4.98. The maximum absolute atomic E-state index is 15.6. The highest BCUT2D eigenvalue weighted by atomic mass is 35.5. The number of halogens is 2. The monoisotopic (exact) mass is 599 g/mol. The van der Waals surface area contributed by atoms with E-state index in [1.807, 2.05) is 24.3 Å². The van der Waals surface area contributed by atoms with Crippen molar-refractivity contribution < 1.29 is 13.7 Å². The van der Waals surface area contributed by atoms with Gasteiger partial charge in [-0.25, -0.2) is 9.37 Å². The third kappa shape index (κ3) is 6.02. The van der Waals surface area contributed by atoms with E-state index in [0.717, 1.165) is 32.7 Å². The fourth-order valence-electron chi connectivity index (χ4n) is 6.05. The summed E-state index contributed by atoms with van der Waals surface area (Å²) in [5.41, 5.74) is 1.66. The van der Waals surface area contributed by atoms with Gasteiger partial charge in [0.1, 0.15) is 30.2 Å². The second-order valence-corrected chi connectivity index (χ2v) is 15.1. The molecule has 2 saturated heterocycles. The molecule has 0 unspecified atom stereocenters. The largest absolute Gasteiger partial charge is 0.489 e. The molecule has 0 saturated carbocycles. The molecule has 2 aromatic carbocycles. The highest BCUT2D eigenvalue weighted by Gasteiger charge is 2.37. The number of rotatable bonds is 6. The molecule has 0 spiro atoms. The van der Waals surface area contributed by atoms with Crippen LogP contribution in [0.4, 0.5) is 33.2 Å². The van der Waals surface area contributed by atoms with Gasteiger partial charge in [0.05, 0.1) is 17.9 Å². The van der Waals surface area contributed by atoms with Gasteiger partial charge in [-0.05, 0) is 64.5 Å². The summed E-state index contributed by atoms with van der Waals surface area (Å²) < 4.78 is 34.5. The minimum absolute atomic E-state index is 0.127. The first-order chi connectivity index (χ1) is 19.7. The predicted molar refractivity (Wildman–Crippen MR) is 164 cm³/mol. The van der Waals surface area contributed by atoms with E-state index in [-0.39, 0.29) is 17.8 Å². The lowest BCUT2D eigenvalue weighted by atomic mass is 10.00. The van der Waals surface area contributed by atoms with Crippen LogP contribution in [-0.2, 0) is 4.57 Å². The van der Waals surface area contributed by atoms with Gasteiger partial charge < -0.3 is 29.7 Å². The van der Waals surface area contributed by atoms with Crippen LogP contribution in [-0.4, -0.2) is 91.6 Å². The summed E-state index contributed by atoms with van der Waals surface area (Å²) in [6.07, 6.45) is 3.83. The van der Waals surface area contributed by atoms with Gasteiger partial charge >= 0.3 is 0 Å². The number of para-hydroxylation sites is 1. The SMILES string of the molecule is CN1CCC(N2CCN3c4c(F)cc(Nc5ncc(Cl)c(Nc6ccccc6P(C)(C)=O)n5)cc4OC[C@@H]3C2)CC1. The first-order valence-electron chi connectivity index (χ1n) is 14.0. The molecule has 2 N–H and O–H groups in total. The lowest BCUT2D eigenvalue weighted by Crippen LogP contribution is -2.60. The van der Waals surface area contributed by atoms with E-state index in [1.54, 1.807) is 19.4 Å². The van der Waals surface area contributed by atoms with Crippen LogP contribution in [0, 0.1) is 5.82 Å². The molecule has 41 heavy (non-hydrogen) atoms. The van der Waals surface area contributed by atoms with Crippen molar-refractivity contribution in [3.05, 3.63) is 53.4 Å². The quantitative estimate of drug-likeness (QED) is 0.381. The zero-order valence-corrected chi connectivity index (χ0v) is 25.3. The fraction of sp³-hybridized carbons (Fsp3) is 0.448. The van der Waals surface area contributed by atoms with Gasteiger partial charge in [0.2, 0.25) is 5.95 Å². The molecule has 0 radical (unpaired) electrons. The number of benzene rings is 2. The third-order valence-corrected chi connectivity index (χ3v) is 10.0. The number of fused-ring (bicyclic) bond motifs is 3. The van der Waals surface area contributed by atoms with Crippen LogP contribution in [0.15, 0.2) is 42.6 Å². The molecule has 0 aliphatic carbocycles. The van der Waals surface area contributed by atoms with Crippen molar-refractivity contribution in [2.45, 2.75) is 24.9 Å². The molecule has 2 fully saturated rings. The summed E-state index contributed by atoms with van der Waals surface area (Å²) in [5, 5.41) is 7.28. The lowest BCUT2D eigenvalue weighted by molar-refractivity contribution is 0.0863. The molecule has 0 bridgehead atoms. The number of piperazine rings is 1. The van der Waals surface area contributed by atoms with Gasteiger partial charge in [-0.3, -0.25) is 4.90 Å². The molecule has 9 nitrogen and oxygen atoms in total. The maximum atomic E-state index is 15.6. The Balaban J connectivity index is 1.18. The standard InChI is InChI=1S/C29H36ClFN7O2P/c1-36-10-8-20(9-11-36)37-12-13-38-21(17-37)18-40-25-15-19(14-23(31)27(25)38)33-29-32-16-22(30)28(35-29)34-24-6-4-5-7-26(24)41(2,3)39/h4-7,14-16,20-21H,8-13,17-18H2,1-3H3,(H2,32,33,34,35)/t21-/m0/s1. The summed E-state index contributed by atoms with van der Waals surface area (Å²) in [7, 11) is -0.364. The Kier molecular flexibility index (Phi) is 7.85. The Morgan fingerprint density at radius 1 is 1.07 bits per heavy atom. The van der Waals surface area contributed by atoms with Crippen molar-refractivity contribution in [2.75, 3.05) is 75.2 Å². The van der Waals surface area contributed by atoms with Gasteiger partial charge in [-0.1, -0.05) is 23.7 Å². The van der Waals surface area contributed by atoms with Gasteiger partial charge in [0.15, 0.2) is 11.6 Å². The molecule has 6 rings (SSSR count). The highest BCUT2D eigenvalue weighted by molar-refractivity contribution is 7.70. The van der Waals surface area contributed by atoms with Gasteiger partial charge in [-0.2, -0.15) is 4.98 Å². The van der Waals surface area contributed by atoms with Gasteiger partial charge in [-0.15, -0.1) is 0 Å². The summed E-state index contributed by atoms with van der Waals surface area (Å²) in [6.45, 7) is 8.78. The Morgan fingerprint density at radius 3 is 2.63 bits per heavy atom.